The van der Waals surface area contributed by atoms with Crippen molar-refractivity contribution in [2.24, 2.45) is 0 Å². The summed E-state index contributed by atoms with van der Waals surface area (Å²) in [5.74, 6) is 2.78. The summed E-state index contributed by atoms with van der Waals surface area (Å²) in [5.41, 5.74) is 18.9. The van der Waals surface area contributed by atoms with Crippen LogP contribution in [0.3, 0.4) is 0 Å². The first-order valence-corrected chi connectivity index (χ1v) is 23.9. The van der Waals surface area contributed by atoms with Gasteiger partial charge < -0.3 is 14.4 Å². The Morgan fingerprint density at radius 3 is 1.44 bits per heavy atom. The number of para-hydroxylation sites is 1. The monoisotopic (exact) mass is 895 g/mol. The van der Waals surface area contributed by atoms with Crippen LogP contribution in [-0.4, -0.2) is 0 Å². The molecule has 0 atom stereocenters. The summed E-state index contributed by atoms with van der Waals surface area (Å²) in [6, 6.07) is 97.5. The van der Waals surface area contributed by atoms with Crippen LogP contribution in [0.4, 0.5) is 17.1 Å². The maximum absolute atomic E-state index is 6.91. The van der Waals surface area contributed by atoms with Crippen LogP contribution < -0.4 is 14.4 Å². The minimum absolute atomic E-state index is 0.540. The SMILES string of the molecule is c1ccc(-c2ccc(N(c3ccccc3)c3cccc(-c4cccc(-c5ccc6c(c5)Oc5cc7c(cc5O6)-c5ccccc5C7(c5ccccc5)c5ccccc5)c4)c3)c(-c3ccccc3)c2)cc1. The molecule has 1 aliphatic carbocycles. The average molecular weight is 896 g/mol. The van der Waals surface area contributed by atoms with Crippen LogP contribution in [0, 0.1) is 0 Å². The van der Waals surface area contributed by atoms with E-state index in [1.807, 2.05) is 6.07 Å². The number of hydrogen-bond acceptors (Lipinski definition) is 3. The van der Waals surface area contributed by atoms with E-state index < -0.39 is 5.41 Å². The highest BCUT2D eigenvalue weighted by Gasteiger charge is 2.47. The average Bonchev–Trinajstić information content (AvgIpc) is 3.73. The highest BCUT2D eigenvalue weighted by atomic mass is 16.6. The molecule has 0 N–H and O–H groups in total. The van der Waals surface area contributed by atoms with E-state index in [1.54, 1.807) is 0 Å². The van der Waals surface area contributed by atoms with Crippen LogP contribution in [0.25, 0.3) is 55.6 Å². The van der Waals surface area contributed by atoms with Gasteiger partial charge in [-0.2, -0.15) is 0 Å². The number of anilines is 3. The van der Waals surface area contributed by atoms with E-state index >= 15 is 0 Å². The third-order valence-corrected chi connectivity index (χ3v) is 14.0. The summed E-state index contributed by atoms with van der Waals surface area (Å²) in [6.07, 6.45) is 0. The van der Waals surface area contributed by atoms with Gasteiger partial charge in [0.1, 0.15) is 0 Å². The van der Waals surface area contributed by atoms with E-state index in [2.05, 4.69) is 272 Å². The first kappa shape index (κ1) is 41.0. The second-order valence-corrected chi connectivity index (χ2v) is 18.0. The quantitative estimate of drug-likeness (QED) is 0.144. The molecule has 2 aliphatic rings. The molecule has 0 saturated heterocycles. The van der Waals surface area contributed by atoms with Crippen LogP contribution in [0.1, 0.15) is 22.3 Å². The van der Waals surface area contributed by atoms with Gasteiger partial charge in [-0.15, -0.1) is 0 Å². The van der Waals surface area contributed by atoms with Crippen molar-refractivity contribution >= 4 is 17.1 Å². The van der Waals surface area contributed by atoms with Gasteiger partial charge >= 0.3 is 0 Å². The standard InChI is InChI=1S/C67H45NO2/c1-6-20-46(21-7-1)51-36-38-62(58(42-51)47-22-8-2-9-23-47)68(55-31-14-5-15-32-55)56-33-19-26-50(41-56)48-24-18-25-49(40-48)52-37-39-63-64(43-52)70-66-45-61-59(44-65(66)69-63)57-34-16-17-35-60(57)67(61,53-27-10-3-11-28-53)54-29-12-4-13-30-54/h1-45H. The molecule has 11 aromatic carbocycles. The molecule has 0 aromatic heterocycles. The number of hydrogen-bond donors (Lipinski definition) is 0. The smallest absolute Gasteiger partial charge is 0.170 e. The molecule has 11 aromatic rings. The summed E-state index contributed by atoms with van der Waals surface area (Å²) in [4.78, 5) is 2.38. The third kappa shape index (κ3) is 6.98. The third-order valence-electron chi connectivity index (χ3n) is 14.0. The maximum atomic E-state index is 6.91. The Bertz CT molecular complexity index is 3660. The van der Waals surface area contributed by atoms with E-state index in [4.69, 9.17) is 9.47 Å². The zero-order valence-corrected chi connectivity index (χ0v) is 38.2. The van der Waals surface area contributed by atoms with Crippen LogP contribution in [0.2, 0.25) is 0 Å². The lowest BCUT2D eigenvalue weighted by Gasteiger charge is -2.34. The van der Waals surface area contributed by atoms with E-state index in [0.29, 0.717) is 23.0 Å². The summed E-state index contributed by atoms with van der Waals surface area (Å²) >= 11 is 0. The van der Waals surface area contributed by atoms with Crippen LogP contribution >= 0.6 is 0 Å². The summed E-state index contributed by atoms with van der Waals surface area (Å²) in [7, 11) is 0. The predicted octanol–water partition coefficient (Wildman–Crippen LogP) is 18.1. The number of benzene rings is 11. The Morgan fingerprint density at radius 2 is 0.743 bits per heavy atom. The molecule has 0 fully saturated rings. The molecule has 0 spiro atoms. The molecule has 1 aliphatic heterocycles. The molecule has 1 heterocycles. The van der Waals surface area contributed by atoms with Gasteiger partial charge in [0.25, 0.3) is 0 Å². The molecule has 0 bridgehead atoms. The molecule has 3 heteroatoms. The minimum atomic E-state index is -0.540. The lowest BCUT2D eigenvalue weighted by atomic mass is 9.67. The van der Waals surface area contributed by atoms with Gasteiger partial charge in [-0.25, -0.2) is 0 Å². The molecule has 0 radical (unpaired) electrons. The van der Waals surface area contributed by atoms with Crippen molar-refractivity contribution in [3.63, 3.8) is 0 Å². The highest BCUT2D eigenvalue weighted by molar-refractivity contribution is 5.92. The number of ether oxygens (including phenoxy) is 2. The fourth-order valence-electron chi connectivity index (χ4n) is 10.8. The summed E-state index contributed by atoms with van der Waals surface area (Å²) < 4.78 is 13.6. The Morgan fingerprint density at radius 1 is 0.257 bits per heavy atom. The largest absolute Gasteiger partial charge is 0.449 e. The molecule has 3 nitrogen and oxygen atoms in total. The van der Waals surface area contributed by atoms with Crippen LogP contribution in [-0.2, 0) is 5.41 Å². The molecular weight excluding hydrogens is 851 g/mol. The Kier molecular flexibility index (Phi) is 10.1. The second-order valence-electron chi connectivity index (χ2n) is 18.0. The van der Waals surface area contributed by atoms with Gasteiger partial charge in [-0.05, 0) is 139 Å². The van der Waals surface area contributed by atoms with Gasteiger partial charge in [0.15, 0.2) is 23.0 Å². The highest BCUT2D eigenvalue weighted by Crippen LogP contribution is 2.60. The predicted molar refractivity (Wildman–Crippen MR) is 287 cm³/mol. The number of nitrogens with zero attached hydrogens (tertiary/aromatic N) is 1. The van der Waals surface area contributed by atoms with Crippen molar-refractivity contribution < 1.29 is 9.47 Å². The van der Waals surface area contributed by atoms with Crippen molar-refractivity contribution in [3.05, 3.63) is 295 Å². The molecule has 0 amide bonds. The fourth-order valence-corrected chi connectivity index (χ4v) is 10.8. The molecule has 0 unspecified atom stereocenters. The van der Waals surface area contributed by atoms with Gasteiger partial charge in [-0.3, -0.25) is 0 Å². The Balaban J connectivity index is 0.863. The fraction of sp³-hybridized carbons (Fsp3) is 0.0149. The molecular formula is C67H45NO2. The summed E-state index contributed by atoms with van der Waals surface area (Å²) in [5, 5.41) is 0. The Hall–Kier alpha value is -9.18. The summed E-state index contributed by atoms with van der Waals surface area (Å²) in [6.45, 7) is 0. The van der Waals surface area contributed by atoms with Crippen molar-refractivity contribution in [1.82, 2.24) is 0 Å². The van der Waals surface area contributed by atoms with Gasteiger partial charge in [0.2, 0.25) is 0 Å². The van der Waals surface area contributed by atoms with Crippen LogP contribution in [0.5, 0.6) is 23.0 Å². The topological polar surface area (TPSA) is 21.7 Å². The van der Waals surface area contributed by atoms with Crippen molar-refractivity contribution in [1.29, 1.82) is 0 Å². The first-order chi connectivity index (χ1) is 34.7. The molecule has 70 heavy (non-hydrogen) atoms. The minimum Gasteiger partial charge on any atom is -0.449 e. The van der Waals surface area contributed by atoms with E-state index in [0.717, 1.165) is 56.0 Å². The zero-order chi connectivity index (χ0) is 46.4. The van der Waals surface area contributed by atoms with Gasteiger partial charge in [-0.1, -0.05) is 206 Å². The van der Waals surface area contributed by atoms with E-state index in [1.165, 1.54) is 38.9 Å². The Labute approximate surface area is 408 Å². The van der Waals surface area contributed by atoms with Gasteiger partial charge in [0.05, 0.1) is 11.1 Å². The van der Waals surface area contributed by atoms with Crippen molar-refractivity contribution in [2.45, 2.75) is 5.41 Å². The molecule has 0 saturated carbocycles. The van der Waals surface area contributed by atoms with Crippen molar-refractivity contribution in [2.75, 3.05) is 4.90 Å². The van der Waals surface area contributed by atoms with E-state index in [-0.39, 0.29) is 0 Å². The molecule has 13 rings (SSSR count). The lowest BCUT2D eigenvalue weighted by Crippen LogP contribution is -2.28. The zero-order valence-electron chi connectivity index (χ0n) is 38.2. The maximum Gasteiger partial charge on any atom is 0.170 e. The van der Waals surface area contributed by atoms with E-state index in [9.17, 15) is 0 Å². The van der Waals surface area contributed by atoms with Crippen molar-refractivity contribution in [3.8, 4) is 78.6 Å². The first-order valence-electron chi connectivity index (χ1n) is 23.9. The molecule has 330 valence electrons. The number of fused-ring (bicyclic) bond motifs is 5. The van der Waals surface area contributed by atoms with Gasteiger partial charge in [0, 0.05) is 16.9 Å². The van der Waals surface area contributed by atoms with Crippen LogP contribution in [0.15, 0.2) is 273 Å². The lowest BCUT2D eigenvalue weighted by molar-refractivity contribution is 0.359. The number of rotatable bonds is 9. The normalized spacial score (nSPS) is 12.6. The second kappa shape index (κ2) is 17.2.